The van der Waals surface area contributed by atoms with E-state index in [9.17, 15) is 4.79 Å². The van der Waals surface area contributed by atoms with E-state index in [1.54, 1.807) is 14.1 Å². The van der Waals surface area contributed by atoms with Crippen molar-refractivity contribution in [2.75, 3.05) is 45.0 Å². The number of amides is 2. The molecule has 0 fully saturated rings. The molecule has 0 aliphatic carbocycles. The van der Waals surface area contributed by atoms with Crippen molar-refractivity contribution in [2.45, 2.75) is 0 Å². The summed E-state index contributed by atoms with van der Waals surface area (Å²) in [6.45, 7) is 0.951. The molecule has 1 heterocycles. The number of hydrazine groups is 1. The average Bonchev–Trinajstić information content (AvgIpc) is 2.42. The Morgan fingerprint density at radius 2 is 2.05 bits per heavy atom. The third kappa shape index (κ3) is 4.14. The zero-order valence-corrected chi connectivity index (χ0v) is 11.2. The molecular weight excluding hydrogens is 250 g/mol. The normalized spacial score (nSPS) is 9.68. The van der Waals surface area contributed by atoms with Crippen molar-refractivity contribution >= 4 is 17.7 Å². The third-order valence-electron chi connectivity index (χ3n) is 2.24. The van der Waals surface area contributed by atoms with Gasteiger partial charge in [0.05, 0.1) is 7.11 Å². The molecule has 0 saturated carbocycles. The number of carbonyl (C=O) groups is 1. The van der Waals surface area contributed by atoms with Crippen molar-refractivity contribution in [3.8, 4) is 5.75 Å². The van der Waals surface area contributed by atoms with E-state index in [2.05, 4.69) is 26.0 Å². The minimum absolute atomic E-state index is 0.152. The van der Waals surface area contributed by atoms with Gasteiger partial charge in [-0.25, -0.2) is 20.6 Å². The van der Waals surface area contributed by atoms with Crippen LogP contribution in [0.3, 0.4) is 0 Å². The van der Waals surface area contributed by atoms with E-state index in [1.807, 2.05) is 0 Å². The monoisotopic (exact) mass is 269 g/mol. The van der Waals surface area contributed by atoms with Crippen LogP contribution in [0, 0.1) is 0 Å². The molecule has 1 rings (SSSR count). The summed E-state index contributed by atoms with van der Waals surface area (Å²) in [6, 6.07) is -0.152. The Morgan fingerprint density at radius 1 is 1.37 bits per heavy atom. The number of nitrogens with two attached hydrogens (primary N) is 1. The van der Waals surface area contributed by atoms with Crippen LogP contribution < -0.4 is 26.6 Å². The number of methoxy groups -OCH3 is 1. The fraction of sp³-hybridized carbons (Fsp3) is 0.500. The number of hydrogen-bond acceptors (Lipinski definition) is 7. The standard InChI is InChI=1S/C10H19N7O2/c1-17(2)10(18)13-5-4-12-8-7(19-3)9(16-11)15-6-14-8/h6H,4-5,11H2,1-3H3,(H,13,18)(H2,12,14,15,16). The Hall–Kier alpha value is -2.29. The van der Waals surface area contributed by atoms with E-state index < -0.39 is 0 Å². The predicted octanol–water partition coefficient (Wildman–Crippen LogP) is -0.546. The number of nitrogen functional groups attached to an aromatic ring is 1. The topological polar surface area (TPSA) is 117 Å². The second-order valence-electron chi connectivity index (χ2n) is 3.80. The van der Waals surface area contributed by atoms with Gasteiger partial charge in [-0.2, -0.15) is 0 Å². The van der Waals surface area contributed by atoms with Crippen LogP contribution >= 0.6 is 0 Å². The molecule has 1 aromatic heterocycles. The molecule has 2 amide bonds. The second kappa shape index (κ2) is 7.21. The molecular formula is C10H19N7O2. The maximum absolute atomic E-state index is 11.3. The van der Waals surface area contributed by atoms with E-state index in [4.69, 9.17) is 10.6 Å². The van der Waals surface area contributed by atoms with Crippen LogP contribution in [0.4, 0.5) is 16.4 Å². The molecule has 1 aromatic rings. The van der Waals surface area contributed by atoms with Gasteiger partial charge in [0.15, 0.2) is 11.6 Å². The van der Waals surface area contributed by atoms with Crippen LogP contribution in [0.25, 0.3) is 0 Å². The van der Waals surface area contributed by atoms with E-state index >= 15 is 0 Å². The average molecular weight is 269 g/mol. The first-order valence-corrected chi connectivity index (χ1v) is 5.64. The fourth-order valence-electron chi connectivity index (χ4n) is 1.30. The summed E-state index contributed by atoms with van der Waals surface area (Å²) in [5.74, 6) is 6.62. The van der Waals surface area contributed by atoms with E-state index in [1.165, 1.54) is 18.3 Å². The number of urea groups is 1. The summed E-state index contributed by atoms with van der Waals surface area (Å²) < 4.78 is 5.16. The molecule has 0 radical (unpaired) electrons. The van der Waals surface area contributed by atoms with Crippen LogP contribution in [0.2, 0.25) is 0 Å². The summed E-state index contributed by atoms with van der Waals surface area (Å²) in [5, 5.41) is 5.75. The number of rotatable bonds is 6. The van der Waals surface area contributed by atoms with Gasteiger partial charge in [0.2, 0.25) is 5.75 Å². The van der Waals surface area contributed by atoms with E-state index in [-0.39, 0.29) is 6.03 Å². The van der Waals surface area contributed by atoms with Gasteiger partial charge in [0, 0.05) is 27.2 Å². The van der Waals surface area contributed by atoms with Crippen molar-refractivity contribution in [3.63, 3.8) is 0 Å². The summed E-state index contributed by atoms with van der Waals surface area (Å²) in [4.78, 5) is 20.7. The summed E-state index contributed by atoms with van der Waals surface area (Å²) in [6.07, 6.45) is 1.36. The quantitative estimate of drug-likeness (QED) is 0.311. The highest BCUT2D eigenvalue weighted by Gasteiger charge is 2.10. The lowest BCUT2D eigenvalue weighted by Gasteiger charge is -2.14. The van der Waals surface area contributed by atoms with Crippen molar-refractivity contribution in [1.29, 1.82) is 0 Å². The lowest BCUT2D eigenvalue weighted by atomic mass is 10.4. The number of anilines is 2. The highest BCUT2D eigenvalue weighted by Crippen LogP contribution is 2.27. The molecule has 0 atom stereocenters. The molecule has 0 spiro atoms. The minimum Gasteiger partial charge on any atom is -0.490 e. The van der Waals surface area contributed by atoms with Gasteiger partial charge in [0.1, 0.15) is 6.33 Å². The molecule has 0 aliphatic heterocycles. The Morgan fingerprint density at radius 3 is 2.63 bits per heavy atom. The van der Waals surface area contributed by atoms with Crippen LogP contribution in [-0.2, 0) is 0 Å². The van der Waals surface area contributed by atoms with Gasteiger partial charge in [-0.15, -0.1) is 0 Å². The first-order chi connectivity index (χ1) is 9.10. The van der Waals surface area contributed by atoms with Crippen molar-refractivity contribution in [1.82, 2.24) is 20.2 Å². The van der Waals surface area contributed by atoms with Gasteiger partial charge in [-0.3, -0.25) is 0 Å². The highest BCUT2D eigenvalue weighted by atomic mass is 16.5. The van der Waals surface area contributed by atoms with E-state index in [0.29, 0.717) is 30.5 Å². The SMILES string of the molecule is COc1c(NN)ncnc1NCCNC(=O)N(C)C. The van der Waals surface area contributed by atoms with Gasteiger partial charge in [-0.1, -0.05) is 0 Å². The third-order valence-corrected chi connectivity index (χ3v) is 2.24. The number of nitrogens with zero attached hydrogens (tertiary/aromatic N) is 3. The molecule has 0 unspecified atom stereocenters. The maximum atomic E-state index is 11.3. The Kier molecular flexibility index (Phi) is 5.61. The molecule has 9 heteroatoms. The van der Waals surface area contributed by atoms with Gasteiger partial charge >= 0.3 is 6.03 Å². The molecule has 106 valence electrons. The fourth-order valence-corrected chi connectivity index (χ4v) is 1.30. The summed E-state index contributed by atoms with van der Waals surface area (Å²) in [5.41, 5.74) is 2.42. The van der Waals surface area contributed by atoms with Crippen molar-refractivity contribution < 1.29 is 9.53 Å². The Balaban J connectivity index is 2.51. The van der Waals surface area contributed by atoms with Crippen LogP contribution in [0.15, 0.2) is 6.33 Å². The first kappa shape index (κ1) is 14.8. The molecule has 0 bridgehead atoms. The largest absolute Gasteiger partial charge is 0.490 e. The molecule has 0 aromatic carbocycles. The number of carbonyl (C=O) groups excluding carboxylic acids is 1. The van der Waals surface area contributed by atoms with Crippen molar-refractivity contribution in [3.05, 3.63) is 6.33 Å². The Bertz CT molecular complexity index is 424. The molecule has 9 nitrogen and oxygen atoms in total. The number of ether oxygens (including phenoxy) is 1. The number of nitrogens with one attached hydrogen (secondary N) is 3. The zero-order chi connectivity index (χ0) is 14.3. The zero-order valence-electron chi connectivity index (χ0n) is 11.2. The summed E-state index contributed by atoms with van der Waals surface area (Å²) >= 11 is 0. The maximum Gasteiger partial charge on any atom is 0.316 e. The van der Waals surface area contributed by atoms with Gasteiger partial charge < -0.3 is 25.7 Å². The van der Waals surface area contributed by atoms with Gasteiger partial charge in [-0.05, 0) is 0 Å². The van der Waals surface area contributed by atoms with E-state index in [0.717, 1.165) is 0 Å². The van der Waals surface area contributed by atoms with Crippen LogP contribution in [0.1, 0.15) is 0 Å². The second-order valence-corrected chi connectivity index (χ2v) is 3.80. The number of hydrogen-bond donors (Lipinski definition) is 4. The predicted molar refractivity (Wildman–Crippen MR) is 72.0 cm³/mol. The van der Waals surface area contributed by atoms with Crippen molar-refractivity contribution in [2.24, 2.45) is 5.84 Å². The molecule has 5 N–H and O–H groups in total. The van der Waals surface area contributed by atoms with Crippen LogP contribution in [0.5, 0.6) is 5.75 Å². The smallest absolute Gasteiger partial charge is 0.316 e. The summed E-state index contributed by atoms with van der Waals surface area (Å²) in [7, 11) is 4.85. The lowest BCUT2D eigenvalue weighted by Crippen LogP contribution is -2.37. The lowest BCUT2D eigenvalue weighted by molar-refractivity contribution is 0.218. The highest BCUT2D eigenvalue weighted by molar-refractivity contribution is 5.73. The first-order valence-electron chi connectivity index (χ1n) is 5.64. The molecule has 0 saturated heterocycles. The number of aromatic nitrogens is 2. The minimum atomic E-state index is -0.152. The van der Waals surface area contributed by atoms with Crippen LogP contribution in [-0.4, -0.2) is 55.2 Å². The van der Waals surface area contributed by atoms with Gasteiger partial charge in [0.25, 0.3) is 0 Å². The molecule has 0 aliphatic rings. The Labute approximate surface area is 111 Å². The molecule has 19 heavy (non-hydrogen) atoms.